The summed E-state index contributed by atoms with van der Waals surface area (Å²) in [6.45, 7) is 1.80. The van der Waals surface area contributed by atoms with Crippen LogP contribution >= 0.6 is 11.6 Å². The molecule has 0 spiro atoms. The predicted molar refractivity (Wildman–Crippen MR) is 138 cm³/mol. The van der Waals surface area contributed by atoms with E-state index < -0.39 is 11.9 Å². The van der Waals surface area contributed by atoms with Crippen molar-refractivity contribution < 1.29 is 18.7 Å². The number of allylic oxidation sites excluding steroid dienone is 1. The highest BCUT2D eigenvalue weighted by molar-refractivity contribution is 6.31. The van der Waals surface area contributed by atoms with E-state index in [0.717, 1.165) is 5.56 Å². The zero-order valence-electron chi connectivity index (χ0n) is 20.0. The van der Waals surface area contributed by atoms with E-state index in [9.17, 15) is 9.18 Å². The van der Waals surface area contributed by atoms with Crippen LogP contribution in [-0.4, -0.2) is 27.8 Å². The van der Waals surface area contributed by atoms with Gasteiger partial charge in [0.25, 0.3) is 5.91 Å². The Balaban J connectivity index is 1.43. The molecular weight excluding hydrogens is 497 g/mol. The van der Waals surface area contributed by atoms with Crippen LogP contribution in [0.1, 0.15) is 24.1 Å². The van der Waals surface area contributed by atoms with E-state index in [0.29, 0.717) is 39.4 Å². The summed E-state index contributed by atoms with van der Waals surface area (Å²) in [5.74, 6) is 0.855. The molecule has 0 aliphatic carbocycles. The first kappa shape index (κ1) is 24.3. The smallest absolute Gasteiger partial charge is 0.255 e. The van der Waals surface area contributed by atoms with Crippen molar-refractivity contribution in [3.8, 4) is 11.5 Å². The molecule has 5 rings (SSSR count). The zero-order chi connectivity index (χ0) is 25.9. The first-order valence-corrected chi connectivity index (χ1v) is 11.8. The van der Waals surface area contributed by atoms with Crippen LogP contribution in [0.5, 0.6) is 11.5 Å². The lowest BCUT2D eigenvalue weighted by Crippen LogP contribution is -2.31. The molecule has 1 aliphatic heterocycles. The number of methoxy groups -OCH3 is 1. The highest BCUT2D eigenvalue weighted by Gasteiger charge is 2.33. The largest absolute Gasteiger partial charge is 0.495 e. The molecule has 3 aromatic carbocycles. The number of hydrogen-bond acceptors (Lipinski definition) is 6. The lowest BCUT2D eigenvalue weighted by molar-refractivity contribution is -0.113. The SMILES string of the molecule is COc1ccccc1NC(=O)C1=C(C)Nc2ncnn2C1c1ccc(OCc2c(F)cccc2Cl)cc1. The number of amides is 1. The van der Waals surface area contributed by atoms with Gasteiger partial charge in [0.15, 0.2) is 0 Å². The Bertz CT molecular complexity index is 1470. The number of halogens is 2. The minimum atomic E-state index is -0.552. The van der Waals surface area contributed by atoms with Gasteiger partial charge in [0.2, 0.25) is 5.95 Å². The van der Waals surface area contributed by atoms with Gasteiger partial charge in [0.1, 0.15) is 36.3 Å². The topological polar surface area (TPSA) is 90.3 Å². The van der Waals surface area contributed by atoms with Crippen molar-refractivity contribution in [2.75, 3.05) is 17.7 Å². The van der Waals surface area contributed by atoms with Crippen molar-refractivity contribution in [2.45, 2.75) is 19.6 Å². The molecule has 0 fully saturated rings. The van der Waals surface area contributed by atoms with Gasteiger partial charge in [-0.15, -0.1) is 0 Å². The number of para-hydroxylation sites is 2. The van der Waals surface area contributed by atoms with Crippen LogP contribution in [0, 0.1) is 5.82 Å². The molecule has 1 aliphatic rings. The molecule has 0 bridgehead atoms. The summed E-state index contributed by atoms with van der Waals surface area (Å²) in [5, 5.41) is 10.8. The number of hydrogen-bond donors (Lipinski definition) is 2. The Morgan fingerprint density at radius 1 is 1.14 bits per heavy atom. The van der Waals surface area contributed by atoms with Gasteiger partial charge < -0.3 is 20.1 Å². The molecule has 188 valence electrons. The number of carbonyl (C=O) groups is 1. The lowest BCUT2D eigenvalue weighted by atomic mass is 9.95. The number of nitrogens with zero attached hydrogens (tertiary/aromatic N) is 3. The molecule has 1 aromatic heterocycles. The van der Waals surface area contributed by atoms with Gasteiger partial charge in [-0.25, -0.2) is 9.07 Å². The summed E-state index contributed by atoms with van der Waals surface area (Å²) < 4.78 is 26.9. The molecule has 2 heterocycles. The summed E-state index contributed by atoms with van der Waals surface area (Å²) in [6, 6.07) is 18.3. The number of ether oxygens (including phenoxy) is 2. The number of nitrogens with one attached hydrogen (secondary N) is 2. The third-order valence-corrected chi connectivity index (χ3v) is 6.39. The average molecular weight is 520 g/mol. The minimum absolute atomic E-state index is 0.0169. The Labute approximate surface area is 217 Å². The molecule has 0 saturated carbocycles. The maximum atomic E-state index is 14.1. The molecule has 1 atom stereocenters. The Morgan fingerprint density at radius 3 is 2.68 bits per heavy atom. The number of benzene rings is 3. The van der Waals surface area contributed by atoms with Gasteiger partial charge in [-0.2, -0.15) is 10.1 Å². The quantitative estimate of drug-likeness (QED) is 0.331. The number of aromatic nitrogens is 3. The van der Waals surface area contributed by atoms with Crippen LogP contribution < -0.4 is 20.1 Å². The summed E-state index contributed by atoms with van der Waals surface area (Å²) >= 11 is 6.10. The molecule has 37 heavy (non-hydrogen) atoms. The van der Waals surface area contributed by atoms with Crippen molar-refractivity contribution in [1.29, 1.82) is 0 Å². The van der Waals surface area contributed by atoms with Gasteiger partial charge in [0, 0.05) is 11.3 Å². The van der Waals surface area contributed by atoms with E-state index in [1.165, 1.54) is 12.4 Å². The first-order chi connectivity index (χ1) is 18.0. The highest BCUT2D eigenvalue weighted by Crippen LogP contribution is 2.36. The third-order valence-electron chi connectivity index (χ3n) is 6.03. The molecule has 1 amide bonds. The van der Waals surface area contributed by atoms with E-state index in [4.69, 9.17) is 21.1 Å². The van der Waals surface area contributed by atoms with E-state index in [1.54, 1.807) is 48.2 Å². The van der Waals surface area contributed by atoms with Gasteiger partial charge in [0.05, 0.1) is 23.4 Å². The van der Waals surface area contributed by atoms with Crippen molar-refractivity contribution >= 4 is 29.1 Å². The van der Waals surface area contributed by atoms with Crippen LogP contribution in [0.15, 0.2) is 84.3 Å². The minimum Gasteiger partial charge on any atom is -0.495 e. The summed E-state index contributed by atoms with van der Waals surface area (Å²) in [5.41, 5.74) is 2.74. The van der Waals surface area contributed by atoms with Crippen molar-refractivity contribution in [3.63, 3.8) is 0 Å². The molecular formula is C27H23ClFN5O3. The monoisotopic (exact) mass is 519 g/mol. The second-order valence-corrected chi connectivity index (χ2v) is 8.71. The van der Waals surface area contributed by atoms with E-state index >= 15 is 0 Å². The molecule has 4 aromatic rings. The van der Waals surface area contributed by atoms with Crippen molar-refractivity contribution in [3.05, 3.63) is 106 Å². The second-order valence-electron chi connectivity index (χ2n) is 8.31. The van der Waals surface area contributed by atoms with Crippen LogP contribution in [0.3, 0.4) is 0 Å². The van der Waals surface area contributed by atoms with Gasteiger partial charge in [-0.05, 0) is 48.9 Å². The summed E-state index contributed by atoms with van der Waals surface area (Å²) in [4.78, 5) is 17.8. The molecule has 1 unspecified atom stereocenters. The Hall–Kier alpha value is -4.37. The number of carbonyl (C=O) groups excluding carboxylic acids is 1. The maximum Gasteiger partial charge on any atom is 0.255 e. The third kappa shape index (κ3) is 4.85. The van der Waals surface area contributed by atoms with Gasteiger partial charge >= 0.3 is 0 Å². The Morgan fingerprint density at radius 2 is 1.92 bits per heavy atom. The fraction of sp³-hybridized carbons (Fsp3) is 0.148. The molecule has 2 N–H and O–H groups in total. The molecule has 0 radical (unpaired) electrons. The summed E-state index contributed by atoms with van der Waals surface area (Å²) in [6.07, 6.45) is 1.43. The normalized spacial score (nSPS) is 14.5. The number of rotatable bonds is 7. The standard InChI is InChI=1S/C27H23ClFN5O3/c1-16-24(26(35)33-22-8-3-4-9-23(22)36-2)25(34-27(32-16)30-15-31-34)17-10-12-18(13-11-17)37-14-19-20(28)6-5-7-21(19)29/h3-13,15,25H,14H2,1-2H3,(H,33,35)(H,30,31,32). The maximum absolute atomic E-state index is 14.1. The highest BCUT2D eigenvalue weighted by atomic mass is 35.5. The van der Waals surface area contributed by atoms with Gasteiger partial charge in [-0.1, -0.05) is 41.9 Å². The van der Waals surface area contributed by atoms with Crippen LogP contribution in [0.2, 0.25) is 5.02 Å². The fourth-order valence-electron chi connectivity index (χ4n) is 4.20. The van der Waals surface area contributed by atoms with Crippen LogP contribution in [-0.2, 0) is 11.4 Å². The van der Waals surface area contributed by atoms with Crippen molar-refractivity contribution in [1.82, 2.24) is 14.8 Å². The van der Waals surface area contributed by atoms with Gasteiger partial charge in [-0.3, -0.25) is 4.79 Å². The summed E-state index contributed by atoms with van der Waals surface area (Å²) in [7, 11) is 1.55. The fourth-order valence-corrected chi connectivity index (χ4v) is 4.42. The second kappa shape index (κ2) is 10.3. The van der Waals surface area contributed by atoms with Crippen molar-refractivity contribution in [2.24, 2.45) is 0 Å². The number of fused-ring (bicyclic) bond motifs is 1. The molecule has 0 saturated heterocycles. The first-order valence-electron chi connectivity index (χ1n) is 11.4. The lowest BCUT2D eigenvalue weighted by Gasteiger charge is -2.29. The van der Waals surface area contributed by atoms with E-state index in [2.05, 4.69) is 20.7 Å². The Kier molecular flexibility index (Phi) is 6.78. The molecule has 10 heteroatoms. The van der Waals surface area contributed by atoms with Crippen LogP contribution in [0.25, 0.3) is 0 Å². The number of anilines is 2. The average Bonchev–Trinajstić information content (AvgIpc) is 3.36. The predicted octanol–water partition coefficient (Wildman–Crippen LogP) is 5.59. The van der Waals surface area contributed by atoms with Crippen LogP contribution in [0.4, 0.5) is 16.0 Å². The van der Waals surface area contributed by atoms with E-state index in [1.807, 2.05) is 31.2 Å². The molecule has 8 nitrogen and oxygen atoms in total. The van der Waals surface area contributed by atoms with E-state index in [-0.39, 0.29) is 18.1 Å². The zero-order valence-corrected chi connectivity index (χ0v) is 20.8.